The molecule has 1 saturated heterocycles. The lowest BCUT2D eigenvalue weighted by Crippen LogP contribution is -2.37. The van der Waals surface area contributed by atoms with Gasteiger partial charge in [-0.2, -0.15) is 0 Å². The van der Waals surface area contributed by atoms with Crippen molar-refractivity contribution < 1.29 is 14.3 Å². The van der Waals surface area contributed by atoms with Crippen molar-refractivity contribution >= 4 is 23.2 Å². The molecule has 1 fully saturated rings. The molecule has 0 aliphatic carbocycles. The van der Waals surface area contributed by atoms with Crippen molar-refractivity contribution in [2.75, 3.05) is 43.2 Å². The molecule has 154 valence electrons. The van der Waals surface area contributed by atoms with Crippen LogP contribution in [-0.4, -0.2) is 54.4 Å². The largest absolute Gasteiger partial charge is 0.491 e. The van der Waals surface area contributed by atoms with E-state index in [1.807, 2.05) is 12.1 Å². The maximum Gasteiger partial charge on any atom is 0.323 e. The number of nitrogens with zero attached hydrogens (tertiary/aromatic N) is 5. The number of amides is 2. The van der Waals surface area contributed by atoms with Crippen LogP contribution in [0.1, 0.15) is 0 Å². The quantitative estimate of drug-likeness (QED) is 0.694. The summed E-state index contributed by atoms with van der Waals surface area (Å²) in [5.41, 5.74) is 7.62. The van der Waals surface area contributed by atoms with Gasteiger partial charge in [-0.25, -0.2) is 14.8 Å². The fraction of sp³-hybridized carbons (Fsp3) is 0.238. The van der Waals surface area contributed by atoms with Crippen LogP contribution in [0.2, 0.25) is 0 Å². The highest BCUT2D eigenvalue weighted by Gasteiger charge is 2.19. The Morgan fingerprint density at radius 1 is 1.13 bits per heavy atom. The number of primary amides is 1. The molecular weight excluding hydrogens is 384 g/mol. The smallest absolute Gasteiger partial charge is 0.323 e. The van der Waals surface area contributed by atoms with E-state index >= 15 is 0 Å². The van der Waals surface area contributed by atoms with Crippen molar-refractivity contribution in [3.8, 4) is 17.1 Å². The Hall–Kier alpha value is -3.72. The molecule has 0 bridgehead atoms. The standard InChI is InChI=1S/C21H22N6O3/c1-29-18-14-24-19(25-20(18)26-9-11-30-12-10-26)15-4-6-16(7-5-15)27(21(22)28)17-3-2-8-23-13-17/h2-8,13-14H,9-12H2,1H3,(H2,22,28). The number of carbonyl (C=O) groups is 1. The summed E-state index contributed by atoms with van der Waals surface area (Å²) < 4.78 is 10.9. The van der Waals surface area contributed by atoms with Gasteiger partial charge in [0.05, 0.1) is 44.1 Å². The van der Waals surface area contributed by atoms with Crippen molar-refractivity contribution in [2.24, 2.45) is 5.73 Å². The molecule has 2 amide bonds. The van der Waals surface area contributed by atoms with Crippen LogP contribution in [-0.2, 0) is 4.74 Å². The van der Waals surface area contributed by atoms with Gasteiger partial charge in [0.2, 0.25) is 0 Å². The summed E-state index contributed by atoms with van der Waals surface area (Å²) in [6, 6.07) is 10.2. The number of benzene rings is 1. The van der Waals surface area contributed by atoms with Crippen LogP contribution in [0, 0.1) is 0 Å². The molecule has 3 aromatic rings. The molecule has 0 radical (unpaired) electrons. The average Bonchev–Trinajstić information content (AvgIpc) is 2.80. The number of methoxy groups -OCH3 is 1. The summed E-state index contributed by atoms with van der Waals surface area (Å²) in [5.74, 6) is 1.92. The molecule has 9 heteroatoms. The molecule has 0 saturated carbocycles. The third-order valence-corrected chi connectivity index (χ3v) is 4.78. The summed E-state index contributed by atoms with van der Waals surface area (Å²) >= 11 is 0. The molecule has 1 aromatic carbocycles. The number of anilines is 3. The normalized spacial score (nSPS) is 13.7. The van der Waals surface area contributed by atoms with E-state index in [0.717, 1.165) is 24.5 Å². The highest BCUT2D eigenvalue weighted by Crippen LogP contribution is 2.30. The van der Waals surface area contributed by atoms with Crippen LogP contribution in [0.15, 0.2) is 55.0 Å². The topological polar surface area (TPSA) is 107 Å². The minimum atomic E-state index is -0.592. The van der Waals surface area contributed by atoms with E-state index in [9.17, 15) is 4.79 Å². The molecule has 9 nitrogen and oxygen atoms in total. The van der Waals surface area contributed by atoms with Gasteiger partial charge in [0.1, 0.15) is 0 Å². The Kier molecular flexibility index (Phi) is 5.71. The van der Waals surface area contributed by atoms with Crippen molar-refractivity contribution in [3.63, 3.8) is 0 Å². The van der Waals surface area contributed by atoms with Crippen LogP contribution < -0.4 is 20.3 Å². The zero-order valence-electron chi connectivity index (χ0n) is 16.6. The molecule has 3 heterocycles. The van der Waals surface area contributed by atoms with Crippen molar-refractivity contribution in [1.82, 2.24) is 15.0 Å². The Morgan fingerprint density at radius 3 is 2.53 bits per heavy atom. The van der Waals surface area contributed by atoms with E-state index in [-0.39, 0.29) is 0 Å². The van der Waals surface area contributed by atoms with E-state index in [0.29, 0.717) is 36.2 Å². The fourth-order valence-electron chi connectivity index (χ4n) is 3.30. The van der Waals surface area contributed by atoms with Gasteiger partial charge in [0, 0.05) is 24.8 Å². The summed E-state index contributed by atoms with van der Waals surface area (Å²) in [6.45, 7) is 2.78. The number of morpholine rings is 1. The lowest BCUT2D eigenvalue weighted by atomic mass is 10.1. The zero-order chi connectivity index (χ0) is 20.9. The number of urea groups is 1. The average molecular weight is 406 g/mol. The molecular formula is C21H22N6O3. The first kappa shape index (κ1) is 19.6. The molecule has 0 spiro atoms. The molecule has 4 rings (SSSR count). The number of rotatable bonds is 5. The van der Waals surface area contributed by atoms with Gasteiger partial charge in [-0.05, 0) is 36.4 Å². The Labute approximate surface area is 174 Å². The second kappa shape index (κ2) is 8.75. The van der Waals surface area contributed by atoms with Crippen LogP contribution in [0.5, 0.6) is 5.75 Å². The molecule has 0 atom stereocenters. The number of aromatic nitrogens is 3. The van der Waals surface area contributed by atoms with Gasteiger partial charge >= 0.3 is 6.03 Å². The molecule has 30 heavy (non-hydrogen) atoms. The monoisotopic (exact) mass is 406 g/mol. The minimum Gasteiger partial charge on any atom is -0.491 e. The Balaban J connectivity index is 1.64. The first-order valence-electron chi connectivity index (χ1n) is 9.51. The third-order valence-electron chi connectivity index (χ3n) is 4.78. The number of ether oxygens (including phenoxy) is 2. The number of nitrogens with two attached hydrogens (primary N) is 1. The lowest BCUT2D eigenvalue weighted by molar-refractivity contribution is 0.122. The van der Waals surface area contributed by atoms with E-state index in [1.54, 1.807) is 50.0 Å². The molecule has 0 unspecified atom stereocenters. The molecule has 2 aromatic heterocycles. The Morgan fingerprint density at radius 2 is 1.90 bits per heavy atom. The van der Waals surface area contributed by atoms with Crippen LogP contribution in [0.3, 0.4) is 0 Å². The van der Waals surface area contributed by atoms with E-state index < -0.39 is 6.03 Å². The van der Waals surface area contributed by atoms with E-state index in [2.05, 4.69) is 14.9 Å². The predicted octanol–water partition coefficient (Wildman–Crippen LogP) is 2.60. The van der Waals surface area contributed by atoms with Crippen molar-refractivity contribution in [1.29, 1.82) is 0 Å². The first-order chi connectivity index (χ1) is 14.7. The van der Waals surface area contributed by atoms with Gasteiger partial charge in [0.25, 0.3) is 0 Å². The van der Waals surface area contributed by atoms with Gasteiger partial charge < -0.3 is 20.1 Å². The predicted molar refractivity (Wildman–Crippen MR) is 113 cm³/mol. The van der Waals surface area contributed by atoms with E-state index in [4.69, 9.17) is 20.2 Å². The minimum absolute atomic E-state index is 0.566. The summed E-state index contributed by atoms with van der Waals surface area (Å²) in [5, 5.41) is 0. The second-order valence-electron chi connectivity index (χ2n) is 6.62. The second-order valence-corrected chi connectivity index (χ2v) is 6.62. The number of pyridine rings is 1. The lowest BCUT2D eigenvalue weighted by Gasteiger charge is -2.29. The molecule has 1 aliphatic heterocycles. The summed E-state index contributed by atoms with van der Waals surface area (Å²) in [4.78, 5) is 28.7. The highest BCUT2D eigenvalue weighted by molar-refractivity contribution is 5.98. The first-order valence-corrected chi connectivity index (χ1v) is 9.51. The maximum absolute atomic E-state index is 12.0. The zero-order valence-corrected chi connectivity index (χ0v) is 16.6. The summed E-state index contributed by atoms with van der Waals surface area (Å²) in [6.07, 6.45) is 4.89. The fourth-order valence-corrected chi connectivity index (χ4v) is 3.30. The maximum atomic E-state index is 12.0. The molecule has 1 aliphatic rings. The van der Waals surface area contributed by atoms with Gasteiger partial charge in [-0.3, -0.25) is 9.88 Å². The third kappa shape index (κ3) is 4.01. The number of hydrogen-bond acceptors (Lipinski definition) is 7. The highest BCUT2D eigenvalue weighted by atomic mass is 16.5. The van der Waals surface area contributed by atoms with Gasteiger partial charge in [-0.15, -0.1) is 0 Å². The molecule has 2 N–H and O–H groups in total. The number of carbonyl (C=O) groups excluding carboxylic acids is 1. The van der Waals surface area contributed by atoms with Crippen LogP contribution >= 0.6 is 0 Å². The van der Waals surface area contributed by atoms with Gasteiger partial charge in [-0.1, -0.05) is 0 Å². The van der Waals surface area contributed by atoms with Gasteiger partial charge in [0.15, 0.2) is 17.4 Å². The van der Waals surface area contributed by atoms with E-state index in [1.165, 1.54) is 4.90 Å². The number of hydrogen-bond donors (Lipinski definition) is 1. The summed E-state index contributed by atoms with van der Waals surface area (Å²) in [7, 11) is 1.61. The Bertz CT molecular complexity index is 1010. The van der Waals surface area contributed by atoms with Crippen LogP contribution in [0.4, 0.5) is 22.0 Å². The van der Waals surface area contributed by atoms with Crippen molar-refractivity contribution in [3.05, 3.63) is 55.0 Å². The van der Waals surface area contributed by atoms with Crippen LogP contribution in [0.25, 0.3) is 11.4 Å². The SMILES string of the molecule is COc1cnc(-c2ccc(N(C(N)=O)c3cccnc3)cc2)nc1N1CCOCC1. The van der Waals surface area contributed by atoms with Crippen molar-refractivity contribution in [2.45, 2.75) is 0 Å².